The molecule has 2 aliphatic carbocycles. The molecular formula is C20H22. The summed E-state index contributed by atoms with van der Waals surface area (Å²) in [5.74, 6) is 1.51. The van der Waals surface area contributed by atoms with Gasteiger partial charge in [-0.1, -0.05) is 48.5 Å². The highest BCUT2D eigenvalue weighted by molar-refractivity contribution is 5.36. The molecule has 2 aromatic rings. The first-order valence-electron chi connectivity index (χ1n) is 8.08. The second-order valence-electron chi connectivity index (χ2n) is 6.49. The van der Waals surface area contributed by atoms with E-state index in [0.29, 0.717) is 0 Å². The third-order valence-electron chi connectivity index (χ3n) is 5.21. The van der Waals surface area contributed by atoms with Gasteiger partial charge in [-0.3, -0.25) is 0 Å². The molecule has 0 radical (unpaired) electrons. The molecule has 20 heavy (non-hydrogen) atoms. The molecule has 1 saturated carbocycles. The van der Waals surface area contributed by atoms with E-state index in [2.05, 4.69) is 48.5 Å². The summed E-state index contributed by atoms with van der Waals surface area (Å²) in [6, 6.07) is 18.8. The van der Waals surface area contributed by atoms with E-state index < -0.39 is 0 Å². The smallest absolute Gasteiger partial charge is 0.00928 e. The first-order chi connectivity index (χ1) is 9.90. The molecule has 1 fully saturated rings. The van der Waals surface area contributed by atoms with E-state index in [4.69, 9.17) is 0 Å². The summed E-state index contributed by atoms with van der Waals surface area (Å²) in [5, 5.41) is 0. The van der Waals surface area contributed by atoms with Gasteiger partial charge in [0, 0.05) is 0 Å². The molecule has 0 saturated heterocycles. The molecule has 0 heteroatoms. The molecule has 4 bridgehead atoms. The topological polar surface area (TPSA) is 0 Å². The molecule has 0 unspecified atom stereocenters. The summed E-state index contributed by atoms with van der Waals surface area (Å²) in [6.45, 7) is 0. The van der Waals surface area contributed by atoms with Gasteiger partial charge < -0.3 is 0 Å². The Morgan fingerprint density at radius 2 is 1.15 bits per heavy atom. The Labute approximate surface area is 121 Å². The molecule has 0 spiro atoms. The first-order valence-corrected chi connectivity index (χ1v) is 8.08. The number of rotatable bonds is 0. The molecule has 0 heterocycles. The number of benzene rings is 2. The van der Waals surface area contributed by atoms with Gasteiger partial charge in [0.2, 0.25) is 0 Å². The van der Waals surface area contributed by atoms with E-state index in [1.54, 1.807) is 11.1 Å². The first kappa shape index (κ1) is 12.2. The van der Waals surface area contributed by atoms with E-state index in [0.717, 1.165) is 11.8 Å². The van der Waals surface area contributed by atoms with Crippen molar-refractivity contribution in [1.82, 2.24) is 0 Å². The Kier molecular flexibility index (Phi) is 3.10. The van der Waals surface area contributed by atoms with E-state index in [-0.39, 0.29) is 0 Å². The van der Waals surface area contributed by atoms with Crippen molar-refractivity contribution in [1.29, 1.82) is 0 Å². The van der Waals surface area contributed by atoms with Gasteiger partial charge in [-0.2, -0.15) is 0 Å². The average molecular weight is 262 g/mol. The van der Waals surface area contributed by atoms with Gasteiger partial charge in [-0.15, -0.1) is 0 Å². The lowest BCUT2D eigenvalue weighted by molar-refractivity contribution is 0.346. The number of fused-ring (bicyclic) bond motifs is 7. The van der Waals surface area contributed by atoms with Crippen LogP contribution in [0.4, 0.5) is 0 Å². The van der Waals surface area contributed by atoms with Crippen LogP contribution < -0.4 is 0 Å². The van der Waals surface area contributed by atoms with Crippen LogP contribution in [-0.2, 0) is 12.8 Å². The minimum Gasteiger partial charge on any atom is -0.0617 e. The molecule has 0 aromatic heterocycles. The minimum atomic E-state index is 0.754. The predicted octanol–water partition coefficient (Wildman–Crippen LogP) is 5.23. The summed E-state index contributed by atoms with van der Waals surface area (Å²) in [7, 11) is 0. The van der Waals surface area contributed by atoms with Crippen molar-refractivity contribution in [3.63, 3.8) is 0 Å². The van der Waals surface area contributed by atoms with Gasteiger partial charge in [-0.05, 0) is 72.6 Å². The molecule has 4 rings (SSSR count). The Bertz CT molecular complexity index is 555. The van der Waals surface area contributed by atoms with Crippen LogP contribution in [0.5, 0.6) is 0 Å². The van der Waals surface area contributed by atoms with E-state index >= 15 is 0 Å². The average Bonchev–Trinajstić information content (AvgIpc) is 2.43. The highest BCUT2D eigenvalue weighted by atomic mass is 14.4. The molecule has 0 amide bonds. The van der Waals surface area contributed by atoms with E-state index in [9.17, 15) is 0 Å². The summed E-state index contributed by atoms with van der Waals surface area (Å²) in [5.41, 5.74) is 6.23. The largest absolute Gasteiger partial charge is 0.0617 e. The quantitative estimate of drug-likeness (QED) is 0.610. The lowest BCUT2D eigenvalue weighted by atomic mass is 9.66. The second-order valence-corrected chi connectivity index (χ2v) is 6.49. The summed E-state index contributed by atoms with van der Waals surface area (Å²) in [4.78, 5) is 0. The molecule has 0 N–H and O–H groups in total. The van der Waals surface area contributed by atoms with Crippen LogP contribution >= 0.6 is 0 Å². The predicted molar refractivity (Wildman–Crippen MR) is 84.2 cm³/mol. The lowest BCUT2D eigenvalue weighted by Gasteiger charge is -2.38. The highest BCUT2D eigenvalue weighted by Crippen LogP contribution is 2.49. The molecule has 0 aliphatic heterocycles. The van der Waals surface area contributed by atoms with Crippen molar-refractivity contribution in [2.45, 2.75) is 50.4 Å². The van der Waals surface area contributed by atoms with Crippen molar-refractivity contribution >= 4 is 0 Å². The van der Waals surface area contributed by atoms with Gasteiger partial charge in [0.15, 0.2) is 0 Å². The molecular weight excluding hydrogens is 240 g/mol. The fourth-order valence-corrected chi connectivity index (χ4v) is 3.91. The SMILES string of the molecule is c1cc2cc(c1)[C@H]1CC[C@H]1c1cccc(c1)CCCC2. The Balaban J connectivity index is 1.75. The van der Waals surface area contributed by atoms with Gasteiger partial charge in [0.05, 0.1) is 0 Å². The van der Waals surface area contributed by atoms with Gasteiger partial charge in [0.25, 0.3) is 0 Å². The van der Waals surface area contributed by atoms with Crippen LogP contribution in [0.15, 0.2) is 48.5 Å². The second kappa shape index (κ2) is 5.09. The maximum absolute atomic E-state index is 2.47. The van der Waals surface area contributed by atoms with Crippen LogP contribution in [0, 0.1) is 0 Å². The van der Waals surface area contributed by atoms with Crippen LogP contribution in [0.25, 0.3) is 0 Å². The van der Waals surface area contributed by atoms with Crippen LogP contribution in [-0.4, -0.2) is 0 Å². The number of hydrogen-bond acceptors (Lipinski definition) is 0. The fraction of sp³-hybridized carbons (Fsp3) is 0.400. The zero-order valence-corrected chi connectivity index (χ0v) is 12.0. The number of aryl methyl sites for hydroxylation is 2. The highest BCUT2D eigenvalue weighted by Gasteiger charge is 2.33. The van der Waals surface area contributed by atoms with Crippen LogP contribution in [0.2, 0.25) is 0 Å². The maximum Gasteiger partial charge on any atom is -0.00928 e. The lowest BCUT2D eigenvalue weighted by Crippen LogP contribution is -2.22. The molecule has 2 aliphatic rings. The van der Waals surface area contributed by atoms with Gasteiger partial charge >= 0.3 is 0 Å². The Hall–Kier alpha value is -1.56. The standard InChI is InChI=1S/C20H22/c1-2-6-16-8-4-10-18(14-16)20-12-11-19(20)17-9-3-7-15(5-1)13-17/h3-4,7-10,13-14,19-20H,1-2,5-6,11-12H2/t19-,20+. The van der Waals surface area contributed by atoms with Crippen molar-refractivity contribution in [3.8, 4) is 0 Å². The number of hydrogen-bond donors (Lipinski definition) is 0. The molecule has 2 aromatic carbocycles. The van der Waals surface area contributed by atoms with E-state index in [1.165, 1.54) is 49.7 Å². The van der Waals surface area contributed by atoms with Crippen molar-refractivity contribution in [3.05, 3.63) is 70.8 Å². The van der Waals surface area contributed by atoms with Crippen LogP contribution in [0.3, 0.4) is 0 Å². The summed E-state index contributed by atoms with van der Waals surface area (Å²) < 4.78 is 0. The fourth-order valence-electron chi connectivity index (χ4n) is 3.91. The summed E-state index contributed by atoms with van der Waals surface area (Å²) in [6.07, 6.45) is 7.82. The Morgan fingerprint density at radius 1 is 0.650 bits per heavy atom. The Morgan fingerprint density at radius 3 is 1.60 bits per heavy atom. The van der Waals surface area contributed by atoms with Crippen molar-refractivity contribution in [2.75, 3.05) is 0 Å². The minimum absolute atomic E-state index is 0.754. The maximum atomic E-state index is 2.47. The van der Waals surface area contributed by atoms with Crippen molar-refractivity contribution in [2.24, 2.45) is 0 Å². The van der Waals surface area contributed by atoms with Crippen molar-refractivity contribution < 1.29 is 0 Å². The van der Waals surface area contributed by atoms with Crippen LogP contribution in [0.1, 0.15) is 59.8 Å². The normalized spacial score (nSPS) is 24.8. The molecule has 0 nitrogen and oxygen atoms in total. The zero-order chi connectivity index (χ0) is 13.4. The molecule has 102 valence electrons. The monoisotopic (exact) mass is 262 g/mol. The van der Waals surface area contributed by atoms with E-state index in [1.807, 2.05) is 0 Å². The molecule has 2 atom stereocenters. The van der Waals surface area contributed by atoms with Gasteiger partial charge in [-0.25, -0.2) is 0 Å². The third kappa shape index (κ3) is 2.18. The zero-order valence-electron chi connectivity index (χ0n) is 12.0. The third-order valence-corrected chi connectivity index (χ3v) is 5.21. The van der Waals surface area contributed by atoms with Gasteiger partial charge in [0.1, 0.15) is 0 Å². The summed E-state index contributed by atoms with van der Waals surface area (Å²) >= 11 is 0.